The topological polar surface area (TPSA) is 137 Å². The third-order valence-corrected chi connectivity index (χ3v) is 12.9. The number of para-hydroxylation sites is 1. The summed E-state index contributed by atoms with van der Waals surface area (Å²) in [5.74, 6) is -2.33. The van der Waals surface area contributed by atoms with Crippen molar-refractivity contribution in [3.63, 3.8) is 0 Å². The third-order valence-electron chi connectivity index (χ3n) is 7.86. The second-order valence-electron chi connectivity index (χ2n) is 12.4. The molecule has 0 spiro atoms. The summed E-state index contributed by atoms with van der Waals surface area (Å²) >= 11 is 12.3. The number of carbonyl (C=O) groups is 1. The van der Waals surface area contributed by atoms with Crippen LogP contribution in [0.5, 0.6) is 0 Å². The van der Waals surface area contributed by atoms with E-state index in [0.29, 0.717) is 10.6 Å². The fourth-order valence-corrected chi connectivity index (χ4v) is 5.80. The van der Waals surface area contributed by atoms with Crippen LogP contribution in [0.2, 0.25) is 28.2 Å². The van der Waals surface area contributed by atoms with Gasteiger partial charge in [-0.05, 0) is 61.5 Å². The van der Waals surface area contributed by atoms with Crippen molar-refractivity contribution in [3.05, 3.63) is 80.7 Å². The summed E-state index contributed by atoms with van der Waals surface area (Å²) in [7, 11) is -2.96. The van der Waals surface area contributed by atoms with Gasteiger partial charge in [-0.2, -0.15) is 13.2 Å². The van der Waals surface area contributed by atoms with Gasteiger partial charge in [0.25, 0.3) is 0 Å². The molecule has 2 heterocycles. The van der Waals surface area contributed by atoms with Gasteiger partial charge in [0.1, 0.15) is 6.54 Å². The van der Waals surface area contributed by atoms with Crippen LogP contribution >= 0.6 is 23.2 Å². The van der Waals surface area contributed by atoms with Crippen LogP contribution in [0, 0.1) is 0 Å². The Balaban J connectivity index is 1.85. The van der Waals surface area contributed by atoms with Crippen molar-refractivity contribution in [1.29, 1.82) is 0 Å². The molecule has 46 heavy (non-hydrogen) atoms. The maximum Gasteiger partial charge on any atom is 0.415 e. The minimum absolute atomic E-state index is 0.0990. The zero-order chi connectivity index (χ0) is 34.4. The highest BCUT2D eigenvalue weighted by Gasteiger charge is 2.48. The van der Waals surface area contributed by atoms with Crippen molar-refractivity contribution in [3.8, 4) is 17.1 Å². The molecule has 0 radical (unpaired) electrons. The zero-order valence-corrected chi connectivity index (χ0v) is 28.3. The highest BCUT2D eigenvalue weighted by atomic mass is 35.5. The molecule has 11 nitrogen and oxygen atoms in total. The average Bonchev–Trinajstić information content (AvgIpc) is 3.49. The Labute approximate surface area is 273 Å². The van der Waals surface area contributed by atoms with Crippen LogP contribution in [0.3, 0.4) is 0 Å². The molecule has 1 unspecified atom stereocenters. The predicted octanol–water partition coefficient (Wildman–Crippen LogP) is 5.89. The third kappa shape index (κ3) is 7.23. The lowest BCUT2D eigenvalue weighted by Crippen LogP contribution is -2.50. The molecule has 2 N–H and O–H groups in total. The Morgan fingerprint density at radius 3 is 2.17 bits per heavy atom. The molecule has 4 aromatic rings. The number of carboxylic acid groups (broad SMARTS) is 1. The standard InChI is InChI=1S/C29H33Cl2F3N6O5Si/c1-27(2,3)46(5,6)45-21(29(32,33)34)15-38-23(17-11-13-18(30)14-12-17)37-39(26(38)43)16-22-35-24(28(4,44)25(41)42)40(36-22)20-10-8-7-9-19(20)31/h7-14,21,44H,15-16H2,1-6H3,(H,41,42)/t21-,28?/m0/s1. The molecule has 2 atom stereocenters. The highest BCUT2D eigenvalue weighted by Crippen LogP contribution is 2.40. The van der Waals surface area contributed by atoms with E-state index in [1.165, 1.54) is 36.4 Å². The van der Waals surface area contributed by atoms with Crippen molar-refractivity contribution in [2.24, 2.45) is 0 Å². The molecule has 0 aliphatic carbocycles. The first-order valence-corrected chi connectivity index (χ1v) is 17.6. The zero-order valence-electron chi connectivity index (χ0n) is 25.8. The highest BCUT2D eigenvalue weighted by molar-refractivity contribution is 6.74. The van der Waals surface area contributed by atoms with E-state index in [9.17, 15) is 33.0 Å². The molecule has 0 aliphatic rings. The van der Waals surface area contributed by atoms with Crippen LogP contribution < -0.4 is 5.69 Å². The Morgan fingerprint density at radius 1 is 1.02 bits per heavy atom. The maximum absolute atomic E-state index is 14.4. The van der Waals surface area contributed by atoms with Crippen LogP contribution in [-0.2, 0) is 27.9 Å². The minimum atomic E-state index is -4.82. The number of aromatic nitrogens is 6. The fraction of sp³-hybridized carbons (Fsp3) is 0.414. The normalized spacial score (nSPS) is 14.7. The van der Waals surface area contributed by atoms with Gasteiger partial charge in [-0.1, -0.05) is 56.1 Å². The fourth-order valence-electron chi connectivity index (χ4n) is 4.18. The van der Waals surface area contributed by atoms with Crippen molar-refractivity contribution in [1.82, 2.24) is 29.1 Å². The summed E-state index contributed by atoms with van der Waals surface area (Å²) in [6, 6.07) is 12.3. The summed E-state index contributed by atoms with van der Waals surface area (Å²) in [4.78, 5) is 29.9. The predicted molar refractivity (Wildman–Crippen MR) is 168 cm³/mol. The van der Waals surface area contributed by atoms with Crippen LogP contribution in [0.4, 0.5) is 13.2 Å². The number of alkyl halides is 3. The van der Waals surface area contributed by atoms with Gasteiger partial charge < -0.3 is 14.6 Å². The van der Waals surface area contributed by atoms with E-state index in [1.807, 2.05) is 0 Å². The van der Waals surface area contributed by atoms with Gasteiger partial charge in [-0.25, -0.2) is 23.9 Å². The van der Waals surface area contributed by atoms with E-state index >= 15 is 0 Å². The molecule has 248 valence electrons. The quantitative estimate of drug-likeness (QED) is 0.195. The summed E-state index contributed by atoms with van der Waals surface area (Å²) in [5, 5.41) is 29.1. The number of aliphatic hydroxyl groups is 1. The first-order chi connectivity index (χ1) is 21.1. The van der Waals surface area contributed by atoms with Gasteiger partial charge in [0, 0.05) is 10.6 Å². The molecule has 17 heteroatoms. The van der Waals surface area contributed by atoms with E-state index in [-0.39, 0.29) is 22.4 Å². The molecule has 0 aliphatic heterocycles. The number of hydrogen-bond acceptors (Lipinski definition) is 7. The van der Waals surface area contributed by atoms with Gasteiger partial charge >= 0.3 is 17.8 Å². The molecule has 0 amide bonds. The van der Waals surface area contributed by atoms with Crippen LogP contribution in [-0.4, -0.2) is 65.9 Å². The Kier molecular flexibility index (Phi) is 9.68. The summed E-state index contributed by atoms with van der Waals surface area (Å²) in [6.45, 7) is 8.39. The Hall–Kier alpha value is -3.50. The number of rotatable bonds is 10. The smallest absolute Gasteiger partial charge is 0.415 e. The van der Waals surface area contributed by atoms with Crippen molar-refractivity contribution >= 4 is 37.5 Å². The summed E-state index contributed by atoms with van der Waals surface area (Å²) in [5.41, 5.74) is -2.98. The molecule has 0 fully saturated rings. The number of nitrogens with zero attached hydrogens (tertiary/aromatic N) is 6. The van der Waals surface area contributed by atoms with Gasteiger partial charge in [-0.15, -0.1) is 10.2 Å². The average molecular weight is 702 g/mol. The second-order valence-corrected chi connectivity index (χ2v) is 18.0. The number of carboxylic acids is 1. The van der Waals surface area contributed by atoms with Gasteiger partial charge in [0.05, 0.1) is 17.3 Å². The van der Waals surface area contributed by atoms with Gasteiger partial charge in [0.2, 0.25) is 5.60 Å². The van der Waals surface area contributed by atoms with Crippen molar-refractivity contribution in [2.45, 2.75) is 76.8 Å². The minimum Gasteiger partial charge on any atom is -0.479 e. The monoisotopic (exact) mass is 700 g/mol. The summed E-state index contributed by atoms with van der Waals surface area (Å²) in [6.07, 6.45) is -7.15. The van der Waals surface area contributed by atoms with Crippen molar-refractivity contribution in [2.75, 3.05) is 0 Å². The number of benzene rings is 2. The van der Waals surface area contributed by atoms with Crippen LogP contribution in [0.1, 0.15) is 39.3 Å². The van der Waals surface area contributed by atoms with Crippen LogP contribution in [0.15, 0.2) is 53.3 Å². The molecule has 0 saturated heterocycles. The SMILES string of the molecule is CC(O)(C(=O)O)c1nc(Cn2nc(-c3ccc(Cl)cc3)n(C[C@H](O[Si](C)(C)C(C)(C)C)C(F)(F)F)c2=O)nn1-c1ccccc1Cl. The number of hydrogen-bond donors (Lipinski definition) is 2. The second kappa shape index (κ2) is 12.6. The molecule has 2 aromatic heterocycles. The lowest BCUT2D eigenvalue weighted by Gasteiger charge is -2.39. The lowest BCUT2D eigenvalue weighted by atomic mass is 10.1. The molecule has 4 rings (SSSR count). The molecular weight excluding hydrogens is 668 g/mol. The van der Waals surface area contributed by atoms with Gasteiger partial charge in [0.15, 0.2) is 31.9 Å². The van der Waals surface area contributed by atoms with E-state index in [0.717, 1.165) is 20.9 Å². The number of halogens is 5. The van der Waals surface area contributed by atoms with E-state index in [2.05, 4.69) is 15.2 Å². The molecular formula is C29H33Cl2F3N6O5Si. The van der Waals surface area contributed by atoms with Gasteiger partial charge in [-0.3, -0.25) is 4.57 Å². The van der Waals surface area contributed by atoms with E-state index < -0.39 is 61.8 Å². The Morgan fingerprint density at radius 2 is 1.63 bits per heavy atom. The number of aliphatic carboxylic acids is 1. The van der Waals surface area contributed by atoms with E-state index in [4.69, 9.17) is 27.6 Å². The Bertz CT molecular complexity index is 1800. The first kappa shape index (κ1) is 35.4. The van der Waals surface area contributed by atoms with Crippen LogP contribution in [0.25, 0.3) is 17.1 Å². The molecule has 0 bridgehead atoms. The van der Waals surface area contributed by atoms with Crippen molar-refractivity contribution < 1.29 is 32.6 Å². The lowest BCUT2D eigenvalue weighted by molar-refractivity contribution is -0.202. The first-order valence-electron chi connectivity index (χ1n) is 14.0. The summed E-state index contributed by atoms with van der Waals surface area (Å²) < 4.78 is 51.9. The largest absolute Gasteiger partial charge is 0.479 e. The molecule has 0 saturated carbocycles. The van der Waals surface area contributed by atoms with E-state index in [1.54, 1.807) is 46.0 Å². The maximum atomic E-state index is 14.4. The molecule has 2 aromatic carbocycles.